The monoisotopic (exact) mass is 291 g/mol. The zero-order valence-corrected chi connectivity index (χ0v) is 14.1. The minimum atomic E-state index is -0.150. The van der Waals surface area contributed by atoms with Crippen molar-refractivity contribution < 1.29 is 4.79 Å². The molecule has 0 bridgehead atoms. The first-order valence-electron chi connectivity index (χ1n) is 7.82. The van der Waals surface area contributed by atoms with Crippen molar-refractivity contribution in [1.82, 2.24) is 10.2 Å². The molecule has 4 heteroatoms. The van der Waals surface area contributed by atoms with Gasteiger partial charge in [-0.25, -0.2) is 0 Å². The molecule has 4 nitrogen and oxygen atoms in total. The Morgan fingerprint density at radius 2 is 1.76 bits per heavy atom. The highest BCUT2D eigenvalue weighted by Crippen LogP contribution is 2.26. The topological polar surface area (TPSA) is 56.1 Å². The Balaban J connectivity index is 2.71. The summed E-state index contributed by atoms with van der Waals surface area (Å²) in [6.07, 6.45) is 5.79. The van der Waals surface area contributed by atoms with E-state index in [4.69, 9.17) is 0 Å². The summed E-state index contributed by atoms with van der Waals surface area (Å²) in [7, 11) is 0. The smallest absolute Gasteiger partial charge is 0.265 e. The van der Waals surface area contributed by atoms with Crippen molar-refractivity contribution in [3.63, 3.8) is 0 Å². The third kappa shape index (κ3) is 6.20. The highest BCUT2D eigenvalue weighted by molar-refractivity contribution is 5.97. The Bertz CT molecular complexity index is 432. The van der Waals surface area contributed by atoms with E-state index < -0.39 is 0 Å². The fourth-order valence-electron chi connectivity index (χ4n) is 3.05. The van der Waals surface area contributed by atoms with Gasteiger partial charge < -0.3 is 10.2 Å². The number of hydrogen-bond donors (Lipinski definition) is 1. The fourth-order valence-corrected chi connectivity index (χ4v) is 3.05. The van der Waals surface area contributed by atoms with E-state index >= 15 is 0 Å². The van der Waals surface area contributed by atoms with Crippen LogP contribution in [-0.4, -0.2) is 29.4 Å². The molecule has 1 heterocycles. The summed E-state index contributed by atoms with van der Waals surface area (Å²) in [5, 5.41) is 12.5. The Morgan fingerprint density at radius 1 is 1.19 bits per heavy atom. The third-order valence-corrected chi connectivity index (χ3v) is 3.57. The summed E-state index contributed by atoms with van der Waals surface area (Å²) in [6, 6.07) is 2.04. The van der Waals surface area contributed by atoms with Gasteiger partial charge in [-0.3, -0.25) is 4.79 Å². The number of hydrogen-bond acceptors (Lipinski definition) is 3. The average molecular weight is 291 g/mol. The Morgan fingerprint density at radius 3 is 2.24 bits per heavy atom. The van der Waals surface area contributed by atoms with E-state index in [-0.39, 0.29) is 22.4 Å². The van der Waals surface area contributed by atoms with Gasteiger partial charge in [0.25, 0.3) is 5.91 Å². The molecule has 1 N–H and O–H groups in total. The minimum Gasteiger partial charge on any atom is -0.385 e. The second-order valence-corrected chi connectivity index (χ2v) is 7.79. The number of piperidine rings is 1. The van der Waals surface area contributed by atoms with Gasteiger partial charge in [-0.1, -0.05) is 20.8 Å². The molecule has 1 saturated heterocycles. The van der Waals surface area contributed by atoms with Crippen molar-refractivity contribution >= 4 is 5.91 Å². The van der Waals surface area contributed by atoms with E-state index in [1.807, 2.05) is 6.07 Å². The van der Waals surface area contributed by atoms with Gasteiger partial charge in [-0.2, -0.15) is 5.26 Å². The molecule has 0 unspecified atom stereocenters. The molecular formula is C17H29N3O. The fraction of sp³-hybridized carbons (Fsp3) is 0.765. The van der Waals surface area contributed by atoms with E-state index in [1.54, 1.807) is 11.1 Å². The molecule has 0 aromatic rings. The molecule has 1 fully saturated rings. The molecule has 0 aromatic heterocycles. The predicted octanol–water partition coefficient (Wildman–Crippen LogP) is 3.21. The highest BCUT2D eigenvalue weighted by atomic mass is 16.2. The van der Waals surface area contributed by atoms with Gasteiger partial charge in [0.2, 0.25) is 0 Å². The normalized spacial score (nSPS) is 17.3. The minimum absolute atomic E-state index is 0.142. The number of rotatable bonds is 4. The number of amides is 1. The first-order valence-corrected chi connectivity index (χ1v) is 7.82. The predicted molar refractivity (Wildman–Crippen MR) is 85.4 cm³/mol. The quantitative estimate of drug-likeness (QED) is 0.639. The summed E-state index contributed by atoms with van der Waals surface area (Å²) >= 11 is 0. The molecule has 0 atom stereocenters. The maximum absolute atomic E-state index is 12.3. The SMILES string of the molecule is CC(C)(C)CC(C)(C)N/C=C(/C#N)C(=O)N1CCCCC1. The van der Waals surface area contributed by atoms with E-state index in [2.05, 4.69) is 39.9 Å². The van der Waals surface area contributed by atoms with Gasteiger partial charge in [-0.05, 0) is 44.9 Å². The lowest BCUT2D eigenvalue weighted by atomic mass is 9.82. The van der Waals surface area contributed by atoms with Gasteiger partial charge in [-0.15, -0.1) is 0 Å². The maximum atomic E-state index is 12.3. The molecule has 1 aliphatic heterocycles. The molecule has 0 aliphatic carbocycles. The number of nitriles is 1. The Hall–Kier alpha value is -1.50. The van der Waals surface area contributed by atoms with Gasteiger partial charge in [0.05, 0.1) is 0 Å². The molecule has 0 spiro atoms. The van der Waals surface area contributed by atoms with Crippen LogP contribution in [0.5, 0.6) is 0 Å². The van der Waals surface area contributed by atoms with Crippen LogP contribution in [0.1, 0.15) is 60.3 Å². The number of nitrogens with one attached hydrogen (secondary N) is 1. The van der Waals surface area contributed by atoms with Crippen LogP contribution in [0.4, 0.5) is 0 Å². The largest absolute Gasteiger partial charge is 0.385 e. The second-order valence-electron chi connectivity index (χ2n) is 7.79. The van der Waals surface area contributed by atoms with E-state index in [1.165, 1.54) is 6.42 Å². The molecule has 0 radical (unpaired) electrons. The molecule has 0 saturated carbocycles. The average Bonchev–Trinajstić information content (AvgIpc) is 2.37. The molecule has 1 aliphatic rings. The molecule has 0 aromatic carbocycles. The number of carbonyl (C=O) groups is 1. The Kier molecular flexibility index (Phi) is 5.83. The second kappa shape index (κ2) is 6.98. The number of nitrogens with zero attached hydrogens (tertiary/aromatic N) is 2. The van der Waals surface area contributed by atoms with Crippen LogP contribution in [-0.2, 0) is 4.79 Å². The summed E-state index contributed by atoms with van der Waals surface area (Å²) in [5.41, 5.74) is 0.246. The van der Waals surface area contributed by atoms with Gasteiger partial charge in [0, 0.05) is 24.8 Å². The van der Waals surface area contributed by atoms with Crippen molar-refractivity contribution in [2.24, 2.45) is 5.41 Å². The zero-order chi connectivity index (χ0) is 16.1. The molecule has 118 valence electrons. The molecule has 1 rings (SSSR count). The van der Waals surface area contributed by atoms with Crippen molar-refractivity contribution in [2.45, 2.75) is 65.8 Å². The van der Waals surface area contributed by atoms with Crippen LogP contribution in [0, 0.1) is 16.7 Å². The third-order valence-electron chi connectivity index (χ3n) is 3.57. The molecular weight excluding hydrogens is 262 g/mol. The van der Waals surface area contributed by atoms with Crippen LogP contribution in [0.25, 0.3) is 0 Å². The van der Waals surface area contributed by atoms with Gasteiger partial charge >= 0.3 is 0 Å². The van der Waals surface area contributed by atoms with Crippen molar-refractivity contribution in [1.29, 1.82) is 5.26 Å². The highest BCUT2D eigenvalue weighted by Gasteiger charge is 2.25. The number of likely N-dealkylation sites (tertiary alicyclic amines) is 1. The zero-order valence-electron chi connectivity index (χ0n) is 14.1. The summed E-state index contributed by atoms with van der Waals surface area (Å²) < 4.78 is 0. The lowest BCUT2D eigenvalue weighted by Gasteiger charge is -2.33. The van der Waals surface area contributed by atoms with E-state index in [9.17, 15) is 10.1 Å². The summed E-state index contributed by atoms with van der Waals surface area (Å²) in [4.78, 5) is 14.1. The molecule has 1 amide bonds. The van der Waals surface area contributed by atoms with Crippen LogP contribution in [0.3, 0.4) is 0 Å². The lowest BCUT2D eigenvalue weighted by molar-refractivity contribution is -0.127. The first kappa shape index (κ1) is 17.6. The van der Waals surface area contributed by atoms with Crippen molar-refractivity contribution in [3.8, 4) is 6.07 Å². The van der Waals surface area contributed by atoms with Gasteiger partial charge in [0.15, 0.2) is 0 Å². The van der Waals surface area contributed by atoms with E-state index in [0.29, 0.717) is 0 Å². The molecule has 21 heavy (non-hydrogen) atoms. The van der Waals surface area contributed by atoms with Crippen LogP contribution in [0.15, 0.2) is 11.8 Å². The van der Waals surface area contributed by atoms with Crippen molar-refractivity contribution in [2.75, 3.05) is 13.1 Å². The van der Waals surface area contributed by atoms with Crippen LogP contribution >= 0.6 is 0 Å². The van der Waals surface area contributed by atoms with Gasteiger partial charge in [0.1, 0.15) is 11.6 Å². The van der Waals surface area contributed by atoms with Crippen LogP contribution in [0.2, 0.25) is 0 Å². The maximum Gasteiger partial charge on any atom is 0.265 e. The summed E-state index contributed by atoms with van der Waals surface area (Å²) in [6.45, 7) is 12.3. The van der Waals surface area contributed by atoms with E-state index in [0.717, 1.165) is 32.4 Å². The summed E-state index contributed by atoms with van der Waals surface area (Å²) in [5.74, 6) is -0.142. The lowest BCUT2D eigenvalue weighted by Crippen LogP contribution is -2.41. The van der Waals surface area contributed by atoms with Crippen LogP contribution < -0.4 is 5.32 Å². The van der Waals surface area contributed by atoms with Crippen molar-refractivity contribution in [3.05, 3.63) is 11.8 Å². The first-order chi connectivity index (χ1) is 9.64. The number of carbonyl (C=O) groups excluding carboxylic acids is 1. The standard InChI is InChI=1S/C17H29N3O/c1-16(2,3)13-17(4,5)19-12-14(11-18)15(21)20-9-7-6-8-10-20/h12,19H,6-10,13H2,1-5H3/b14-12-. The Labute approximate surface area is 129 Å².